The Morgan fingerprint density at radius 2 is 2.00 bits per heavy atom. The fraction of sp³-hybridized carbons (Fsp3) is 0.250. The molecule has 1 aliphatic heterocycles. The lowest BCUT2D eigenvalue weighted by Crippen LogP contribution is -2.30. The zero-order valence-corrected chi connectivity index (χ0v) is 9.41. The monoisotopic (exact) mass is 231 g/mol. The van der Waals surface area contributed by atoms with Gasteiger partial charge >= 0.3 is 0 Å². The summed E-state index contributed by atoms with van der Waals surface area (Å²) in [5.74, 6) is 0. The molecule has 1 aliphatic rings. The molecule has 88 valence electrons. The molecular formula is C12H13N3O2. The van der Waals surface area contributed by atoms with E-state index >= 15 is 0 Å². The molecule has 17 heavy (non-hydrogen) atoms. The summed E-state index contributed by atoms with van der Waals surface area (Å²) in [7, 11) is 0. The summed E-state index contributed by atoms with van der Waals surface area (Å²) in [6.07, 6.45) is 1.68. The minimum Gasteiger partial charge on any atom is -0.390 e. The highest BCUT2D eigenvalue weighted by Crippen LogP contribution is 2.38. The minimum atomic E-state index is -0.227. The maximum atomic E-state index is 10.1. The number of aliphatic hydroxyl groups excluding tert-OH is 1. The third kappa shape index (κ3) is 1.30. The van der Waals surface area contributed by atoms with E-state index in [1.54, 1.807) is 6.33 Å². The van der Waals surface area contributed by atoms with Crippen LogP contribution in [-0.2, 0) is 6.61 Å². The molecule has 3 rings (SSSR count). The summed E-state index contributed by atoms with van der Waals surface area (Å²) in [6.45, 7) is 1.76. The average Bonchev–Trinajstić information content (AvgIpc) is 2.80. The molecule has 0 saturated carbocycles. The zero-order valence-electron chi connectivity index (χ0n) is 9.41. The third-order valence-corrected chi connectivity index (χ3v) is 3.18. The number of hydrogen-bond acceptors (Lipinski definition) is 4. The molecule has 2 aromatic rings. The van der Waals surface area contributed by atoms with Gasteiger partial charge in [-0.2, -0.15) is 0 Å². The number of anilines is 1. The number of rotatable bonds is 1. The second-order valence-corrected chi connectivity index (χ2v) is 4.11. The zero-order chi connectivity index (χ0) is 12.0. The molecule has 0 amide bonds. The molecule has 5 nitrogen and oxygen atoms in total. The quantitative estimate of drug-likeness (QED) is 0.783. The van der Waals surface area contributed by atoms with Gasteiger partial charge in [0.2, 0.25) is 0 Å². The first-order chi connectivity index (χ1) is 8.24. The number of fused-ring (bicyclic) bond motifs is 3. The lowest BCUT2D eigenvalue weighted by molar-refractivity contribution is 0.212. The number of benzene rings is 1. The standard InChI is InChI=1S/C12H13N3O2/c1-8-12-9(6-16)13-7-14(12)10-4-2-3-5-11(10)15(8)17/h2-5,7-8,16-17H,6H2,1H3. The molecule has 0 radical (unpaired) electrons. The van der Waals surface area contributed by atoms with Gasteiger partial charge in [0, 0.05) is 0 Å². The van der Waals surface area contributed by atoms with Gasteiger partial charge in [-0.05, 0) is 19.1 Å². The van der Waals surface area contributed by atoms with Gasteiger partial charge in [0.15, 0.2) is 0 Å². The summed E-state index contributed by atoms with van der Waals surface area (Å²) in [5.41, 5.74) is 3.05. The summed E-state index contributed by atoms with van der Waals surface area (Å²) < 4.78 is 1.91. The van der Waals surface area contributed by atoms with Crippen LogP contribution in [-0.4, -0.2) is 19.9 Å². The first-order valence-electron chi connectivity index (χ1n) is 5.48. The Balaban J connectivity index is 2.29. The van der Waals surface area contributed by atoms with Gasteiger partial charge in [0.05, 0.1) is 41.7 Å². The molecule has 1 atom stereocenters. The smallest absolute Gasteiger partial charge is 0.1000 e. The lowest BCUT2D eigenvalue weighted by Gasteiger charge is -2.32. The van der Waals surface area contributed by atoms with Gasteiger partial charge in [-0.3, -0.25) is 9.77 Å². The Morgan fingerprint density at radius 3 is 2.71 bits per heavy atom. The molecule has 0 saturated heterocycles. The van der Waals surface area contributed by atoms with E-state index in [1.165, 1.54) is 5.06 Å². The Morgan fingerprint density at radius 1 is 1.29 bits per heavy atom. The molecule has 1 unspecified atom stereocenters. The number of hydroxylamine groups is 1. The summed E-state index contributed by atoms with van der Waals surface area (Å²) in [5, 5.41) is 20.6. The first kappa shape index (κ1) is 10.3. The molecular weight excluding hydrogens is 218 g/mol. The van der Waals surface area contributed by atoms with Crippen molar-refractivity contribution in [3.8, 4) is 5.69 Å². The molecule has 1 aromatic heterocycles. The van der Waals surface area contributed by atoms with E-state index < -0.39 is 0 Å². The van der Waals surface area contributed by atoms with Gasteiger partial charge in [-0.25, -0.2) is 10.0 Å². The maximum absolute atomic E-state index is 10.1. The van der Waals surface area contributed by atoms with Crippen LogP contribution in [0.2, 0.25) is 0 Å². The van der Waals surface area contributed by atoms with Crippen LogP contribution in [0.1, 0.15) is 24.4 Å². The number of hydrogen-bond donors (Lipinski definition) is 2. The molecule has 2 heterocycles. The van der Waals surface area contributed by atoms with Crippen LogP contribution >= 0.6 is 0 Å². The molecule has 0 aliphatic carbocycles. The van der Waals surface area contributed by atoms with Crippen molar-refractivity contribution in [2.45, 2.75) is 19.6 Å². The van der Waals surface area contributed by atoms with Crippen molar-refractivity contribution in [1.82, 2.24) is 9.55 Å². The summed E-state index contributed by atoms with van der Waals surface area (Å²) >= 11 is 0. The molecule has 0 bridgehead atoms. The number of para-hydroxylation sites is 2. The number of imidazole rings is 1. The first-order valence-corrected chi connectivity index (χ1v) is 5.48. The summed E-state index contributed by atoms with van der Waals surface area (Å²) in [6, 6.07) is 7.33. The Kier molecular flexibility index (Phi) is 2.17. The van der Waals surface area contributed by atoms with E-state index in [9.17, 15) is 10.3 Å². The van der Waals surface area contributed by atoms with Crippen molar-refractivity contribution >= 4 is 5.69 Å². The molecule has 0 spiro atoms. The SMILES string of the molecule is CC1c2c(CO)ncn2-c2ccccc2N1O. The lowest BCUT2D eigenvalue weighted by atomic mass is 10.1. The normalized spacial score (nSPS) is 17.8. The van der Waals surface area contributed by atoms with Gasteiger partial charge in [-0.1, -0.05) is 12.1 Å². The van der Waals surface area contributed by atoms with Crippen LogP contribution in [0.15, 0.2) is 30.6 Å². The van der Waals surface area contributed by atoms with Crippen LogP contribution in [0.25, 0.3) is 5.69 Å². The Labute approximate surface area is 98.5 Å². The number of aromatic nitrogens is 2. The predicted octanol–water partition coefficient (Wildman–Crippen LogP) is 1.63. The van der Waals surface area contributed by atoms with Crippen LogP contribution in [0.4, 0.5) is 5.69 Å². The maximum Gasteiger partial charge on any atom is 0.1000 e. The highest BCUT2D eigenvalue weighted by atomic mass is 16.5. The third-order valence-electron chi connectivity index (χ3n) is 3.18. The Bertz CT molecular complexity index is 565. The van der Waals surface area contributed by atoms with Crippen molar-refractivity contribution in [2.75, 3.05) is 5.06 Å². The van der Waals surface area contributed by atoms with E-state index in [2.05, 4.69) is 4.98 Å². The minimum absolute atomic E-state index is 0.122. The molecule has 5 heteroatoms. The highest BCUT2D eigenvalue weighted by Gasteiger charge is 2.29. The molecule has 1 aromatic carbocycles. The van der Waals surface area contributed by atoms with E-state index in [0.717, 1.165) is 17.1 Å². The highest BCUT2D eigenvalue weighted by molar-refractivity contribution is 5.65. The summed E-state index contributed by atoms with van der Waals surface area (Å²) in [4.78, 5) is 4.18. The van der Waals surface area contributed by atoms with E-state index in [-0.39, 0.29) is 12.6 Å². The van der Waals surface area contributed by atoms with E-state index in [4.69, 9.17) is 0 Å². The molecule has 0 fully saturated rings. The number of nitrogens with zero attached hydrogens (tertiary/aromatic N) is 3. The van der Waals surface area contributed by atoms with Gasteiger partial charge in [0.1, 0.15) is 0 Å². The van der Waals surface area contributed by atoms with Gasteiger partial charge in [0.25, 0.3) is 0 Å². The fourth-order valence-corrected chi connectivity index (χ4v) is 2.34. The van der Waals surface area contributed by atoms with E-state index in [0.29, 0.717) is 5.69 Å². The van der Waals surface area contributed by atoms with Crippen molar-refractivity contribution < 1.29 is 10.3 Å². The van der Waals surface area contributed by atoms with Crippen LogP contribution in [0.5, 0.6) is 0 Å². The molecule has 2 N–H and O–H groups in total. The van der Waals surface area contributed by atoms with Crippen molar-refractivity contribution in [3.05, 3.63) is 42.0 Å². The van der Waals surface area contributed by atoms with Crippen molar-refractivity contribution in [3.63, 3.8) is 0 Å². The van der Waals surface area contributed by atoms with Crippen molar-refractivity contribution in [2.24, 2.45) is 0 Å². The van der Waals surface area contributed by atoms with Gasteiger partial charge < -0.3 is 5.11 Å². The number of aliphatic hydroxyl groups is 1. The fourth-order valence-electron chi connectivity index (χ4n) is 2.34. The largest absolute Gasteiger partial charge is 0.390 e. The second-order valence-electron chi connectivity index (χ2n) is 4.11. The van der Waals surface area contributed by atoms with Crippen LogP contribution in [0, 0.1) is 0 Å². The topological polar surface area (TPSA) is 61.5 Å². The second kappa shape index (κ2) is 3.58. The van der Waals surface area contributed by atoms with E-state index in [1.807, 2.05) is 35.8 Å². The van der Waals surface area contributed by atoms with Gasteiger partial charge in [-0.15, -0.1) is 0 Å². The predicted molar refractivity (Wildman–Crippen MR) is 62.2 cm³/mol. The van der Waals surface area contributed by atoms with Crippen LogP contribution < -0.4 is 5.06 Å². The van der Waals surface area contributed by atoms with Crippen LogP contribution in [0.3, 0.4) is 0 Å². The van der Waals surface area contributed by atoms with Crippen molar-refractivity contribution in [1.29, 1.82) is 0 Å². The average molecular weight is 231 g/mol. The Hall–Kier alpha value is -1.85.